The van der Waals surface area contributed by atoms with Crippen LogP contribution in [0, 0.1) is 0 Å². The molecule has 0 unspecified atom stereocenters. The molecule has 0 aliphatic carbocycles. The topological polar surface area (TPSA) is 96.5 Å². The van der Waals surface area contributed by atoms with E-state index in [2.05, 4.69) is 15.3 Å². The number of ether oxygens (including phenoxy) is 2. The van der Waals surface area contributed by atoms with E-state index >= 15 is 0 Å². The van der Waals surface area contributed by atoms with E-state index in [0.717, 1.165) is 0 Å². The fraction of sp³-hybridized carbons (Fsp3) is 0.545. The number of carbonyl (C=O) groups excluding carboxylic acids is 1. The molecule has 0 atom stereocenters. The molecule has 0 radical (unpaired) electrons. The zero-order valence-electron chi connectivity index (χ0n) is 11.2. The monoisotopic (exact) mass is 270 g/mol. The number of nitrogens with one attached hydrogen (secondary N) is 2. The molecular formula is C11H18N4O4. The van der Waals surface area contributed by atoms with Gasteiger partial charge in [-0.05, 0) is 0 Å². The van der Waals surface area contributed by atoms with E-state index in [9.17, 15) is 9.59 Å². The molecule has 0 aromatic carbocycles. The fourth-order valence-electron chi connectivity index (χ4n) is 1.47. The molecule has 0 saturated carbocycles. The smallest absolute Gasteiger partial charge is 0.295 e. The third-order valence-corrected chi connectivity index (χ3v) is 2.37. The van der Waals surface area contributed by atoms with Crippen LogP contribution in [0.5, 0.6) is 5.75 Å². The highest BCUT2D eigenvalue weighted by atomic mass is 16.5. The van der Waals surface area contributed by atoms with Gasteiger partial charge < -0.3 is 24.7 Å². The predicted molar refractivity (Wildman–Crippen MR) is 69.6 cm³/mol. The molecular weight excluding hydrogens is 252 g/mol. The summed E-state index contributed by atoms with van der Waals surface area (Å²) in [7, 11) is 4.59. The summed E-state index contributed by atoms with van der Waals surface area (Å²) in [6.45, 7) is 0.946. The Hall–Kier alpha value is -2.09. The van der Waals surface area contributed by atoms with Gasteiger partial charge >= 0.3 is 0 Å². The summed E-state index contributed by atoms with van der Waals surface area (Å²) in [5, 5.41) is 2.68. The lowest BCUT2D eigenvalue weighted by atomic mass is 10.4. The van der Waals surface area contributed by atoms with E-state index in [1.807, 2.05) is 0 Å². The summed E-state index contributed by atoms with van der Waals surface area (Å²) in [5.74, 6) is 0.200. The van der Waals surface area contributed by atoms with Crippen LogP contribution >= 0.6 is 0 Å². The van der Waals surface area contributed by atoms with E-state index in [1.54, 1.807) is 14.2 Å². The van der Waals surface area contributed by atoms with Crippen molar-refractivity contribution < 1.29 is 14.3 Å². The molecule has 0 spiro atoms. The number of hydrogen-bond donors (Lipinski definition) is 2. The largest absolute Gasteiger partial charge is 0.489 e. The molecule has 106 valence electrons. The normalized spacial score (nSPS) is 10.1. The van der Waals surface area contributed by atoms with Gasteiger partial charge in [0.2, 0.25) is 11.7 Å². The van der Waals surface area contributed by atoms with Crippen molar-refractivity contribution in [3.8, 4) is 5.75 Å². The van der Waals surface area contributed by atoms with Gasteiger partial charge in [-0.3, -0.25) is 9.59 Å². The van der Waals surface area contributed by atoms with E-state index < -0.39 is 0 Å². The van der Waals surface area contributed by atoms with Gasteiger partial charge in [0.05, 0.1) is 26.6 Å². The second kappa shape index (κ2) is 7.37. The molecule has 1 amide bonds. The van der Waals surface area contributed by atoms with Crippen molar-refractivity contribution >= 4 is 11.7 Å². The number of nitrogens with zero attached hydrogens (tertiary/aromatic N) is 2. The van der Waals surface area contributed by atoms with Gasteiger partial charge in [0.1, 0.15) is 0 Å². The SMILES string of the molecule is COCCNC(=O)CN(C)c1nc[nH]c(=O)c1OC. The van der Waals surface area contributed by atoms with Gasteiger partial charge in [-0.25, -0.2) is 4.98 Å². The predicted octanol–water partition coefficient (Wildman–Crippen LogP) is -1.02. The van der Waals surface area contributed by atoms with E-state index in [0.29, 0.717) is 19.0 Å². The van der Waals surface area contributed by atoms with Crippen molar-refractivity contribution in [2.75, 3.05) is 45.9 Å². The van der Waals surface area contributed by atoms with Crippen LogP contribution in [0.1, 0.15) is 0 Å². The maximum atomic E-state index is 11.6. The number of likely N-dealkylation sites (N-methyl/N-ethyl adjacent to an activating group) is 1. The third kappa shape index (κ3) is 4.25. The van der Waals surface area contributed by atoms with Gasteiger partial charge in [0.25, 0.3) is 5.56 Å². The van der Waals surface area contributed by atoms with Crippen molar-refractivity contribution in [3.63, 3.8) is 0 Å². The second-order valence-electron chi connectivity index (χ2n) is 3.79. The minimum atomic E-state index is -0.390. The first-order chi connectivity index (χ1) is 9.10. The Labute approximate surface area is 110 Å². The Bertz CT molecular complexity index is 474. The minimum absolute atomic E-state index is 0.0660. The van der Waals surface area contributed by atoms with Crippen LogP contribution in [0.4, 0.5) is 5.82 Å². The van der Waals surface area contributed by atoms with E-state index in [-0.39, 0.29) is 23.8 Å². The molecule has 1 heterocycles. The summed E-state index contributed by atoms with van der Waals surface area (Å²) in [6, 6.07) is 0. The fourth-order valence-corrected chi connectivity index (χ4v) is 1.47. The molecule has 2 N–H and O–H groups in total. The van der Waals surface area contributed by atoms with Crippen molar-refractivity contribution in [1.29, 1.82) is 0 Å². The first kappa shape index (κ1) is 15.0. The molecule has 0 saturated heterocycles. The van der Waals surface area contributed by atoms with Crippen LogP contribution in [-0.4, -0.2) is 56.8 Å². The van der Waals surface area contributed by atoms with Gasteiger partial charge in [-0.2, -0.15) is 0 Å². The highest BCUT2D eigenvalue weighted by Gasteiger charge is 2.15. The second-order valence-corrected chi connectivity index (χ2v) is 3.79. The van der Waals surface area contributed by atoms with Crippen molar-refractivity contribution in [2.24, 2.45) is 0 Å². The standard InChI is InChI=1S/C11H18N4O4/c1-15(6-8(16)12-4-5-18-2)10-9(19-3)11(17)14-7-13-10/h7H,4-6H2,1-3H3,(H,12,16)(H,13,14,17). The first-order valence-electron chi connectivity index (χ1n) is 5.68. The number of amides is 1. The van der Waals surface area contributed by atoms with Crippen molar-refractivity contribution in [1.82, 2.24) is 15.3 Å². The maximum absolute atomic E-state index is 11.6. The number of methoxy groups -OCH3 is 2. The first-order valence-corrected chi connectivity index (χ1v) is 5.68. The molecule has 1 rings (SSSR count). The molecule has 0 fully saturated rings. The van der Waals surface area contributed by atoms with Crippen molar-refractivity contribution in [3.05, 3.63) is 16.7 Å². The molecule has 0 aliphatic heterocycles. The Morgan fingerprint density at radius 2 is 2.26 bits per heavy atom. The summed E-state index contributed by atoms with van der Waals surface area (Å²) in [4.78, 5) is 31.1. The molecule has 19 heavy (non-hydrogen) atoms. The third-order valence-electron chi connectivity index (χ3n) is 2.37. The summed E-state index contributed by atoms with van der Waals surface area (Å²) < 4.78 is 9.81. The number of anilines is 1. The Balaban J connectivity index is 2.68. The summed E-state index contributed by atoms with van der Waals surface area (Å²) in [5.41, 5.74) is -0.390. The maximum Gasteiger partial charge on any atom is 0.295 e. The summed E-state index contributed by atoms with van der Waals surface area (Å²) >= 11 is 0. The van der Waals surface area contributed by atoms with Gasteiger partial charge in [0.15, 0.2) is 5.82 Å². The number of hydrogen-bond acceptors (Lipinski definition) is 6. The van der Waals surface area contributed by atoms with Crippen LogP contribution in [-0.2, 0) is 9.53 Å². The number of rotatable bonds is 7. The lowest BCUT2D eigenvalue weighted by molar-refractivity contribution is -0.119. The average molecular weight is 270 g/mol. The number of carbonyl (C=O) groups is 1. The number of aromatic amines is 1. The highest BCUT2D eigenvalue weighted by Crippen LogP contribution is 2.18. The Morgan fingerprint density at radius 1 is 1.53 bits per heavy atom. The van der Waals surface area contributed by atoms with Gasteiger partial charge in [0, 0.05) is 20.7 Å². The lowest BCUT2D eigenvalue weighted by Gasteiger charge is -2.19. The number of aromatic nitrogens is 2. The van der Waals surface area contributed by atoms with Crippen LogP contribution in [0.3, 0.4) is 0 Å². The quantitative estimate of drug-likeness (QED) is 0.615. The van der Waals surface area contributed by atoms with Gasteiger partial charge in [-0.15, -0.1) is 0 Å². The highest BCUT2D eigenvalue weighted by molar-refractivity contribution is 5.81. The Morgan fingerprint density at radius 3 is 2.89 bits per heavy atom. The molecule has 0 aliphatic rings. The van der Waals surface area contributed by atoms with Gasteiger partial charge in [-0.1, -0.05) is 0 Å². The van der Waals surface area contributed by atoms with E-state index in [4.69, 9.17) is 9.47 Å². The van der Waals surface area contributed by atoms with E-state index in [1.165, 1.54) is 18.3 Å². The summed E-state index contributed by atoms with van der Waals surface area (Å²) in [6.07, 6.45) is 1.26. The molecule has 8 nitrogen and oxygen atoms in total. The van der Waals surface area contributed by atoms with Crippen LogP contribution in [0.25, 0.3) is 0 Å². The Kier molecular flexibility index (Phi) is 5.80. The zero-order chi connectivity index (χ0) is 14.3. The number of H-pyrrole nitrogens is 1. The molecule has 8 heteroatoms. The zero-order valence-corrected chi connectivity index (χ0v) is 11.2. The van der Waals surface area contributed by atoms with Crippen LogP contribution in [0.15, 0.2) is 11.1 Å². The minimum Gasteiger partial charge on any atom is -0.489 e. The molecule has 1 aromatic rings. The molecule has 1 aromatic heterocycles. The average Bonchev–Trinajstić information content (AvgIpc) is 2.38. The van der Waals surface area contributed by atoms with Crippen LogP contribution < -0.4 is 20.5 Å². The molecule has 0 bridgehead atoms. The van der Waals surface area contributed by atoms with Crippen molar-refractivity contribution in [2.45, 2.75) is 0 Å². The van der Waals surface area contributed by atoms with Crippen LogP contribution in [0.2, 0.25) is 0 Å². The lowest BCUT2D eigenvalue weighted by Crippen LogP contribution is -2.37.